The summed E-state index contributed by atoms with van der Waals surface area (Å²) in [5.74, 6) is -3.75. The van der Waals surface area contributed by atoms with Crippen molar-refractivity contribution in [1.29, 1.82) is 0 Å². The molecule has 0 aromatic carbocycles. The molecule has 11 heteroatoms. The van der Waals surface area contributed by atoms with Gasteiger partial charge >= 0.3 is 18.5 Å². The summed E-state index contributed by atoms with van der Waals surface area (Å²) in [4.78, 5) is 14.3. The Hall–Kier alpha value is -2.20. The summed E-state index contributed by atoms with van der Waals surface area (Å²) in [6, 6.07) is 0.222. The van der Waals surface area contributed by atoms with Crippen LogP contribution in [0.2, 0.25) is 0 Å². The van der Waals surface area contributed by atoms with Crippen LogP contribution in [0.4, 0.5) is 26.3 Å². The van der Waals surface area contributed by atoms with Crippen molar-refractivity contribution in [3.8, 4) is 11.6 Å². The van der Waals surface area contributed by atoms with Gasteiger partial charge in [-0.2, -0.15) is 13.2 Å². The summed E-state index contributed by atoms with van der Waals surface area (Å²) < 4.78 is 87.1. The largest absolute Gasteiger partial charge is 0.574 e. The van der Waals surface area contributed by atoms with Gasteiger partial charge in [0.15, 0.2) is 5.75 Å². The van der Waals surface area contributed by atoms with E-state index in [0.717, 1.165) is 7.11 Å². The molecular formula is C11H9F6NO4. The Labute approximate surface area is 119 Å². The van der Waals surface area contributed by atoms with Crippen LogP contribution in [0.15, 0.2) is 6.07 Å². The van der Waals surface area contributed by atoms with Gasteiger partial charge in [-0.25, -0.2) is 9.78 Å². The first-order chi connectivity index (χ1) is 9.99. The Kier molecular flexibility index (Phi) is 5.09. The van der Waals surface area contributed by atoms with Crippen molar-refractivity contribution < 1.29 is 45.3 Å². The monoisotopic (exact) mass is 333 g/mol. The molecule has 0 aliphatic carbocycles. The molecule has 0 bridgehead atoms. The standard InChI is InChI=1S/C11H9F6NO4/c1-3-21-9(19)5-4-6(10(12,13)14)18-8(7(5)20-2)22-11(15,16)17/h4H,3H2,1-2H3. The van der Waals surface area contributed by atoms with Gasteiger partial charge in [0.25, 0.3) is 5.88 Å². The summed E-state index contributed by atoms with van der Waals surface area (Å²) >= 11 is 0. The second-order valence-corrected chi connectivity index (χ2v) is 3.66. The molecule has 0 atom stereocenters. The lowest BCUT2D eigenvalue weighted by Gasteiger charge is -2.16. The second-order valence-electron chi connectivity index (χ2n) is 3.66. The van der Waals surface area contributed by atoms with E-state index in [-0.39, 0.29) is 12.7 Å². The highest BCUT2D eigenvalue weighted by molar-refractivity contribution is 5.93. The topological polar surface area (TPSA) is 57.7 Å². The van der Waals surface area contributed by atoms with Gasteiger partial charge in [0.1, 0.15) is 11.3 Å². The van der Waals surface area contributed by atoms with Crippen molar-refractivity contribution in [2.24, 2.45) is 0 Å². The number of hydrogen-bond acceptors (Lipinski definition) is 5. The van der Waals surface area contributed by atoms with E-state index in [2.05, 4.69) is 19.2 Å². The molecule has 0 amide bonds. The van der Waals surface area contributed by atoms with Crippen LogP contribution in [0, 0.1) is 0 Å². The van der Waals surface area contributed by atoms with Crippen molar-refractivity contribution in [2.45, 2.75) is 19.5 Å². The van der Waals surface area contributed by atoms with E-state index >= 15 is 0 Å². The van der Waals surface area contributed by atoms with Crippen LogP contribution in [0.3, 0.4) is 0 Å². The Bertz CT molecular complexity index is 555. The average Bonchev–Trinajstić information content (AvgIpc) is 2.35. The molecule has 0 aliphatic rings. The smallest absolute Gasteiger partial charge is 0.491 e. The molecule has 0 aliphatic heterocycles. The lowest BCUT2D eigenvalue weighted by molar-refractivity contribution is -0.277. The fourth-order valence-corrected chi connectivity index (χ4v) is 1.39. The van der Waals surface area contributed by atoms with Gasteiger partial charge in [0.2, 0.25) is 0 Å². The van der Waals surface area contributed by atoms with Gasteiger partial charge in [0.05, 0.1) is 13.7 Å². The van der Waals surface area contributed by atoms with Gasteiger partial charge < -0.3 is 14.2 Å². The Morgan fingerprint density at radius 2 is 1.82 bits per heavy atom. The number of esters is 1. The maximum absolute atomic E-state index is 12.7. The molecule has 1 aromatic heterocycles. The van der Waals surface area contributed by atoms with Crippen molar-refractivity contribution in [2.75, 3.05) is 13.7 Å². The summed E-state index contributed by atoms with van der Waals surface area (Å²) in [5.41, 5.74) is -2.64. The first-order valence-corrected chi connectivity index (χ1v) is 5.58. The molecule has 22 heavy (non-hydrogen) atoms. The van der Waals surface area contributed by atoms with E-state index in [1.165, 1.54) is 6.92 Å². The third-order valence-electron chi connectivity index (χ3n) is 2.14. The summed E-state index contributed by atoms with van der Waals surface area (Å²) in [6.45, 7) is 1.16. The Morgan fingerprint density at radius 3 is 2.23 bits per heavy atom. The van der Waals surface area contributed by atoms with Crippen LogP contribution in [-0.2, 0) is 10.9 Å². The minimum absolute atomic E-state index is 0.207. The molecule has 0 unspecified atom stereocenters. The number of carbonyl (C=O) groups is 1. The molecular weight excluding hydrogens is 324 g/mol. The fraction of sp³-hybridized carbons (Fsp3) is 0.455. The number of hydrogen-bond donors (Lipinski definition) is 0. The molecule has 0 fully saturated rings. The molecule has 0 spiro atoms. The molecule has 5 nitrogen and oxygen atoms in total. The van der Waals surface area contributed by atoms with Gasteiger partial charge in [-0.15, -0.1) is 13.2 Å². The predicted octanol–water partition coefficient (Wildman–Crippen LogP) is 3.18. The number of rotatable bonds is 4. The van der Waals surface area contributed by atoms with Crippen LogP contribution >= 0.6 is 0 Å². The van der Waals surface area contributed by atoms with Crippen molar-refractivity contribution in [3.05, 3.63) is 17.3 Å². The first kappa shape index (κ1) is 17.9. The average molecular weight is 333 g/mol. The third-order valence-corrected chi connectivity index (χ3v) is 2.14. The van der Waals surface area contributed by atoms with Crippen LogP contribution in [0.5, 0.6) is 11.6 Å². The van der Waals surface area contributed by atoms with Crippen LogP contribution in [0.1, 0.15) is 23.0 Å². The van der Waals surface area contributed by atoms with Gasteiger partial charge in [-0.1, -0.05) is 0 Å². The summed E-state index contributed by atoms with van der Waals surface area (Å²) in [5, 5.41) is 0. The number of alkyl halides is 6. The molecule has 0 saturated heterocycles. The van der Waals surface area contributed by atoms with E-state index in [1.807, 2.05) is 0 Å². The maximum Gasteiger partial charge on any atom is 0.574 e. The molecule has 1 rings (SSSR count). The molecule has 1 heterocycles. The van der Waals surface area contributed by atoms with E-state index in [9.17, 15) is 31.1 Å². The fourth-order valence-electron chi connectivity index (χ4n) is 1.39. The van der Waals surface area contributed by atoms with E-state index < -0.39 is 41.4 Å². The number of methoxy groups -OCH3 is 1. The quantitative estimate of drug-likeness (QED) is 0.626. The zero-order valence-corrected chi connectivity index (χ0v) is 11.1. The predicted molar refractivity (Wildman–Crippen MR) is 58.4 cm³/mol. The molecule has 0 N–H and O–H groups in total. The Morgan fingerprint density at radius 1 is 1.23 bits per heavy atom. The van der Waals surface area contributed by atoms with Crippen molar-refractivity contribution in [1.82, 2.24) is 4.98 Å². The maximum atomic E-state index is 12.7. The molecule has 0 saturated carbocycles. The Balaban J connectivity index is 3.52. The number of carbonyl (C=O) groups excluding carboxylic acids is 1. The SMILES string of the molecule is CCOC(=O)c1cc(C(F)(F)F)nc(OC(F)(F)F)c1OC. The zero-order valence-electron chi connectivity index (χ0n) is 11.1. The third kappa shape index (κ3) is 4.40. The van der Waals surface area contributed by atoms with Crippen LogP contribution in [0.25, 0.3) is 0 Å². The molecule has 0 radical (unpaired) electrons. The highest BCUT2D eigenvalue weighted by Crippen LogP contribution is 2.38. The van der Waals surface area contributed by atoms with E-state index in [4.69, 9.17) is 0 Å². The van der Waals surface area contributed by atoms with E-state index in [1.54, 1.807) is 0 Å². The summed E-state index contributed by atoms with van der Waals surface area (Å²) in [7, 11) is 0.843. The molecule has 124 valence electrons. The second kappa shape index (κ2) is 6.28. The zero-order chi connectivity index (χ0) is 17.1. The molecule has 1 aromatic rings. The minimum Gasteiger partial charge on any atom is -0.491 e. The highest BCUT2D eigenvalue weighted by Gasteiger charge is 2.39. The van der Waals surface area contributed by atoms with E-state index in [0.29, 0.717) is 0 Å². The number of nitrogens with zero attached hydrogens (tertiary/aromatic N) is 1. The normalized spacial score (nSPS) is 12.0. The number of halogens is 6. The van der Waals surface area contributed by atoms with Crippen molar-refractivity contribution in [3.63, 3.8) is 0 Å². The van der Waals surface area contributed by atoms with Gasteiger partial charge in [-0.3, -0.25) is 0 Å². The number of aromatic nitrogens is 1. The highest BCUT2D eigenvalue weighted by atomic mass is 19.4. The lowest BCUT2D eigenvalue weighted by Crippen LogP contribution is -2.21. The van der Waals surface area contributed by atoms with Crippen LogP contribution in [-0.4, -0.2) is 31.0 Å². The number of pyridine rings is 1. The van der Waals surface area contributed by atoms with Crippen molar-refractivity contribution >= 4 is 5.97 Å². The van der Waals surface area contributed by atoms with Gasteiger partial charge in [-0.05, 0) is 13.0 Å². The minimum atomic E-state index is -5.32. The van der Waals surface area contributed by atoms with Crippen LogP contribution < -0.4 is 9.47 Å². The number of ether oxygens (including phenoxy) is 3. The summed E-state index contributed by atoms with van der Waals surface area (Å²) in [6.07, 6.45) is -10.4. The lowest BCUT2D eigenvalue weighted by atomic mass is 10.2. The van der Waals surface area contributed by atoms with Gasteiger partial charge in [0, 0.05) is 0 Å². The first-order valence-electron chi connectivity index (χ1n) is 5.58.